The minimum atomic E-state index is -0.105. The quantitative estimate of drug-likeness (QED) is 0.608. The molecule has 3 aromatic rings. The largest absolute Gasteiger partial charge is 0.496 e. The Kier molecular flexibility index (Phi) is 6.35. The number of ether oxygens (including phenoxy) is 1. The zero-order chi connectivity index (χ0) is 23.5. The molecule has 33 heavy (non-hydrogen) atoms. The van der Waals surface area contributed by atoms with E-state index < -0.39 is 0 Å². The molecule has 0 bridgehead atoms. The lowest BCUT2D eigenvalue weighted by Crippen LogP contribution is -2.50. The fourth-order valence-electron chi connectivity index (χ4n) is 4.23. The number of aromatic nitrogens is 2. The van der Waals surface area contributed by atoms with Gasteiger partial charge in [0.15, 0.2) is 0 Å². The number of methoxy groups -OCH3 is 1. The van der Waals surface area contributed by atoms with Crippen molar-refractivity contribution >= 4 is 22.7 Å². The van der Waals surface area contributed by atoms with Gasteiger partial charge in [-0.15, -0.1) is 0 Å². The number of piperazine rings is 1. The number of hydrogen-bond acceptors (Lipinski definition) is 4. The highest BCUT2D eigenvalue weighted by Crippen LogP contribution is 2.35. The number of amides is 2. The van der Waals surface area contributed by atoms with Crippen molar-refractivity contribution in [3.05, 3.63) is 64.7 Å². The van der Waals surface area contributed by atoms with Crippen molar-refractivity contribution in [1.82, 2.24) is 19.4 Å². The molecule has 2 aromatic heterocycles. The molecule has 172 valence electrons. The number of fused-ring (bicyclic) bond motifs is 1. The van der Waals surface area contributed by atoms with E-state index in [0.29, 0.717) is 49.6 Å². The molecule has 1 aliphatic heterocycles. The molecule has 0 unspecified atom stereocenters. The lowest BCUT2D eigenvalue weighted by Gasteiger charge is -2.34. The first-order valence-corrected chi connectivity index (χ1v) is 11.0. The second kappa shape index (κ2) is 9.36. The second-order valence-corrected chi connectivity index (χ2v) is 8.05. The van der Waals surface area contributed by atoms with Gasteiger partial charge in [-0.25, -0.2) is 0 Å². The Hall–Kier alpha value is -3.81. The molecule has 2 amide bonds. The van der Waals surface area contributed by atoms with E-state index in [4.69, 9.17) is 4.74 Å². The SMILES string of the molecule is C/C=C/Cn1cc(-c2cc(C(=O)N3CCN(C(C)=O)CC3)ccc2OC)c2cc[nH]c2c1=O. The predicted molar refractivity (Wildman–Crippen MR) is 128 cm³/mol. The topological polar surface area (TPSA) is 87.6 Å². The van der Waals surface area contributed by atoms with Crippen LogP contribution in [0.25, 0.3) is 22.0 Å². The lowest BCUT2D eigenvalue weighted by atomic mass is 9.99. The Balaban J connectivity index is 1.75. The van der Waals surface area contributed by atoms with Gasteiger partial charge in [0.05, 0.1) is 7.11 Å². The standard InChI is InChI=1S/C25H28N4O4/c1-4-5-10-29-16-21(19-8-9-26-23(19)25(29)32)20-15-18(6-7-22(20)33-3)24(31)28-13-11-27(12-14-28)17(2)30/h4-9,15-16,26H,10-14H2,1-3H3/b5-4+. The van der Waals surface area contributed by atoms with Crippen molar-refractivity contribution in [2.24, 2.45) is 0 Å². The molecule has 8 heteroatoms. The maximum atomic E-state index is 13.2. The number of nitrogens with one attached hydrogen (secondary N) is 1. The first-order chi connectivity index (χ1) is 15.9. The van der Waals surface area contributed by atoms with E-state index in [2.05, 4.69) is 4.98 Å². The van der Waals surface area contributed by atoms with Crippen molar-refractivity contribution < 1.29 is 14.3 Å². The normalized spacial score (nSPS) is 14.3. The predicted octanol–water partition coefficient (Wildman–Crippen LogP) is 2.89. The summed E-state index contributed by atoms with van der Waals surface area (Å²) in [5, 5.41) is 0.773. The summed E-state index contributed by atoms with van der Waals surface area (Å²) in [6, 6.07) is 7.23. The van der Waals surface area contributed by atoms with E-state index >= 15 is 0 Å². The van der Waals surface area contributed by atoms with E-state index in [1.807, 2.05) is 37.4 Å². The number of pyridine rings is 1. The van der Waals surface area contributed by atoms with E-state index in [-0.39, 0.29) is 17.4 Å². The highest BCUT2D eigenvalue weighted by Gasteiger charge is 2.24. The molecule has 0 radical (unpaired) electrons. The molecule has 8 nitrogen and oxygen atoms in total. The van der Waals surface area contributed by atoms with Gasteiger partial charge in [-0.05, 0) is 31.2 Å². The van der Waals surface area contributed by atoms with E-state index in [0.717, 1.165) is 16.5 Å². The lowest BCUT2D eigenvalue weighted by molar-refractivity contribution is -0.130. The first-order valence-electron chi connectivity index (χ1n) is 11.0. The number of nitrogens with zero attached hydrogens (tertiary/aromatic N) is 3. The molecule has 1 aliphatic rings. The average molecular weight is 449 g/mol. The highest BCUT2D eigenvalue weighted by molar-refractivity contribution is 6.00. The molecule has 0 spiro atoms. The van der Waals surface area contributed by atoms with Crippen LogP contribution in [0.1, 0.15) is 24.2 Å². The van der Waals surface area contributed by atoms with Crippen LogP contribution in [-0.4, -0.2) is 64.5 Å². The number of carbonyl (C=O) groups is 2. The smallest absolute Gasteiger partial charge is 0.275 e. The summed E-state index contributed by atoms with van der Waals surface area (Å²) < 4.78 is 7.26. The molecule has 1 aromatic carbocycles. The highest BCUT2D eigenvalue weighted by atomic mass is 16.5. The van der Waals surface area contributed by atoms with E-state index in [1.54, 1.807) is 46.7 Å². The molecule has 1 saturated heterocycles. The maximum Gasteiger partial charge on any atom is 0.275 e. The molecule has 0 saturated carbocycles. The van der Waals surface area contributed by atoms with Crippen LogP contribution in [0.2, 0.25) is 0 Å². The second-order valence-electron chi connectivity index (χ2n) is 8.05. The number of hydrogen-bond donors (Lipinski definition) is 1. The summed E-state index contributed by atoms with van der Waals surface area (Å²) in [4.78, 5) is 44.3. The Labute approximate surface area is 192 Å². The van der Waals surface area contributed by atoms with Gasteiger partial charge in [0.1, 0.15) is 11.3 Å². The van der Waals surface area contributed by atoms with Crippen LogP contribution in [0.5, 0.6) is 5.75 Å². The summed E-state index contributed by atoms with van der Waals surface area (Å²) in [5.41, 5.74) is 2.49. The van der Waals surface area contributed by atoms with Gasteiger partial charge in [0.25, 0.3) is 11.5 Å². The third-order valence-corrected chi connectivity index (χ3v) is 6.08. The molecule has 1 N–H and O–H groups in total. The molecule has 0 aliphatic carbocycles. The summed E-state index contributed by atoms with van der Waals surface area (Å²) in [6.07, 6.45) is 7.37. The summed E-state index contributed by atoms with van der Waals surface area (Å²) in [6.45, 7) is 5.96. The van der Waals surface area contributed by atoms with Gasteiger partial charge in [0.2, 0.25) is 5.91 Å². The van der Waals surface area contributed by atoms with Gasteiger partial charge >= 0.3 is 0 Å². The average Bonchev–Trinajstić information content (AvgIpc) is 3.33. The number of rotatable bonds is 5. The zero-order valence-electron chi connectivity index (χ0n) is 19.1. The Morgan fingerprint density at radius 1 is 1.09 bits per heavy atom. The molecule has 3 heterocycles. The molecule has 1 fully saturated rings. The van der Waals surface area contributed by atoms with E-state index in [1.165, 1.54) is 0 Å². The Morgan fingerprint density at radius 3 is 2.48 bits per heavy atom. The zero-order valence-corrected chi connectivity index (χ0v) is 19.1. The molecule has 0 atom stereocenters. The number of aromatic amines is 1. The van der Waals surface area contributed by atoms with Crippen LogP contribution in [0.3, 0.4) is 0 Å². The minimum Gasteiger partial charge on any atom is -0.496 e. The van der Waals surface area contributed by atoms with Crippen molar-refractivity contribution in [2.45, 2.75) is 20.4 Å². The van der Waals surface area contributed by atoms with Crippen molar-refractivity contribution in [1.29, 1.82) is 0 Å². The molecular formula is C25H28N4O4. The van der Waals surface area contributed by atoms with Crippen LogP contribution >= 0.6 is 0 Å². The van der Waals surface area contributed by atoms with Gasteiger partial charge in [-0.1, -0.05) is 12.2 Å². The number of allylic oxidation sites excluding steroid dienone is 2. The third-order valence-electron chi connectivity index (χ3n) is 6.08. The summed E-state index contributed by atoms with van der Waals surface area (Å²) >= 11 is 0. The molecule has 4 rings (SSSR count). The van der Waals surface area contributed by atoms with Gasteiger partial charge in [-0.2, -0.15) is 0 Å². The van der Waals surface area contributed by atoms with Crippen LogP contribution in [0.4, 0.5) is 0 Å². The fraction of sp³-hybridized carbons (Fsp3) is 0.320. The van der Waals surface area contributed by atoms with Gasteiger partial charge in [0, 0.05) is 74.1 Å². The summed E-state index contributed by atoms with van der Waals surface area (Å²) in [5.74, 6) is 0.554. The minimum absolute atomic E-state index is 0.0254. The van der Waals surface area contributed by atoms with Crippen LogP contribution in [0, 0.1) is 0 Å². The third kappa shape index (κ3) is 4.28. The maximum absolute atomic E-state index is 13.2. The van der Waals surface area contributed by atoms with Crippen LogP contribution in [0.15, 0.2) is 53.6 Å². The van der Waals surface area contributed by atoms with Gasteiger partial charge in [-0.3, -0.25) is 14.4 Å². The number of H-pyrrole nitrogens is 1. The Bertz CT molecular complexity index is 1280. The monoisotopic (exact) mass is 448 g/mol. The van der Waals surface area contributed by atoms with Gasteiger partial charge < -0.3 is 24.1 Å². The fourth-order valence-corrected chi connectivity index (χ4v) is 4.23. The van der Waals surface area contributed by atoms with Crippen LogP contribution in [-0.2, 0) is 11.3 Å². The van der Waals surface area contributed by atoms with Crippen LogP contribution < -0.4 is 10.3 Å². The summed E-state index contributed by atoms with van der Waals surface area (Å²) in [7, 11) is 1.59. The number of carbonyl (C=O) groups excluding carboxylic acids is 2. The van der Waals surface area contributed by atoms with Crippen molar-refractivity contribution in [3.63, 3.8) is 0 Å². The first kappa shape index (κ1) is 22.4. The van der Waals surface area contributed by atoms with Crippen molar-refractivity contribution in [3.8, 4) is 16.9 Å². The van der Waals surface area contributed by atoms with E-state index in [9.17, 15) is 14.4 Å². The molecular weight excluding hydrogens is 420 g/mol. The Morgan fingerprint density at radius 2 is 1.82 bits per heavy atom. The number of benzene rings is 1. The van der Waals surface area contributed by atoms with Crippen molar-refractivity contribution in [2.75, 3.05) is 33.3 Å².